The number of pyridine rings is 1. The topological polar surface area (TPSA) is 56.3 Å². The molecule has 1 fully saturated rings. The molecule has 0 aliphatic carbocycles. The van der Waals surface area contributed by atoms with Gasteiger partial charge in [0, 0.05) is 29.2 Å². The van der Waals surface area contributed by atoms with Crippen molar-refractivity contribution in [1.29, 1.82) is 0 Å². The molecule has 0 amide bonds. The molecule has 2 atom stereocenters. The molecule has 2 N–H and O–H groups in total. The van der Waals surface area contributed by atoms with Crippen molar-refractivity contribution in [2.45, 2.75) is 44.5 Å². The average molecular weight is 340 g/mol. The molecule has 3 rings (SSSR count). The minimum atomic E-state index is -4.63. The van der Waals surface area contributed by atoms with E-state index in [0.29, 0.717) is 37.0 Å². The maximum atomic E-state index is 12.9. The number of aliphatic hydroxyl groups is 1. The third kappa shape index (κ3) is 3.00. The predicted octanol–water partition coefficient (Wildman–Crippen LogP) is 2.98. The van der Waals surface area contributed by atoms with Gasteiger partial charge in [-0.15, -0.1) is 0 Å². The summed E-state index contributed by atoms with van der Waals surface area (Å²) in [6, 6.07) is 5.74. The number of rotatable bonds is 3. The summed E-state index contributed by atoms with van der Waals surface area (Å²) in [6.07, 6.45) is -5.45. The zero-order valence-corrected chi connectivity index (χ0v) is 13.2. The minimum absolute atomic E-state index is 0.196. The molecule has 0 radical (unpaired) electrons. The van der Waals surface area contributed by atoms with Crippen molar-refractivity contribution in [1.82, 2.24) is 4.98 Å². The van der Waals surface area contributed by atoms with Crippen LogP contribution in [-0.2, 0) is 6.42 Å². The second-order valence-electron chi connectivity index (χ2n) is 6.13. The number of nitrogens with zero attached hydrogens (tertiary/aromatic N) is 1. The van der Waals surface area contributed by atoms with Gasteiger partial charge >= 0.3 is 6.18 Å². The van der Waals surface area contributed by atoms with Gasteiger partial charge in [-0.05, 0) is 43.0 Å². The van der Waals surface area contributed by atoms with Crippen LogP contribution in [0.3, 0.4) is 0 Å². The fourth-order valence-electron chi connectivity index (χ4n) is 3.44. The summed E-state index contributed by atoms with van der Waals surface area (Å²) in [7, 11) is 0. The maximum absolute atomic E-state index is 12.9. The van der Waals surface area contributed by atoms with E-state index in [0.717, 1.165) is 10.9 Å². The number of nitrogens with one attached hydrogen (secondary N) is 1. The van der Waals surface area contributed by atoms with Crippen molar-refractivity contribution in [3.8, 4) is 0 Å². The number of alkyl halides is 3. The second kappa shape index (κ2) is 6.12. The van der Waals surface area contributed by atoms with Crippen LogP contribution >= 0.6 is 0 Å². The van der Waals surface area contributed by atoms with Gasteiger partial charge in [-0.2, -0.15) is 13.2 Å². The van der Waals surface area contributed by atoms with E-state index < -0.39 is 18.3 Å². The Kier molecular flexibility index (Phi) is 4.29. The monoisotopic (exact) mass is 340 g/mol. The first kappa shape index (κ1) is 16.8. The minimum Gasteiger partial charge on any atom is -0.382 e. The van der Waals surface area contributed by atoms with Crippen molar-refractivity contribution in [3.05, 3.63) is 40.2 Å². The molecule has 0 saturated carbocycles. The molecular weight excluding hydrogens is 321 g/mol. The van der Waals surface area contributed by atoms with Crippen LogP contribution in [0.1, 0.15) is 25.3 Å². The van der Waals surface area contributed by atoms with E-state index in [9.17, 15) is 23.1 Å². The number of fused-ring (bicyclic) bond motifs is 1. The molecule has 1 aliphatic heterocycles. The number of aliphatic hydroxyl groups excluding tert-OH is 1. The lowest BCUT2D eigenvalue weighted by Crippen LogP contribution is -2.47. The highest BCUT2D eigenvalue weighted by Crippen LogP contribution is 2.35. The van der Waals surface area contributed by atoms with E-state index in [4.69, 9.17) is 0 Å². The van der Waals surface area contributed by atoms with E-state index in [2.05, 4.69) is 4.98 Å². The number of benzene rings is 1. The number of hydrogen-bond donors (Lipinski definition) is 2. The first-order chi connectivity index (χ1) is 11.3. The predicted molar refractivity (Wildman–Crippen MR) is 86.4 cm³/mol. The number of H-pyrrole nitrogens is 1. The summed E-state index contributed by atoms with van der Waals surface area (Å²) < 4.78 is 38.7. The third-order valence-corrected chi connectivity index (χ3v) is 4.62. The maximum Gasteiger partial charge on any atom is 0.416 e. The largest absolute Gasteiger partial charge is 0.416 e. The lowest BCUT2D eigenvalue weighted by Gasteiger charge is -2.31. The second-order valence-corrected chi connectivity index (χ2v) is 6.13. The van der Waals surface area contributed by atoms with Crippen molar-refractivity contribution >= 4 is 16.6 Å². The van der Waals surface area contributed by atoms with Crippen LogP contribution in [0.4, 0.5) is 18.9 Å². The normalized spacial score (nSPS) is 19.9. The summed E-state index contributed by atoms with van der Waals surface area (Å²) in [5.41, 5.74) is 1.95. The Morgan fingerprint density at radius 3 is 2.79 bits per heavy atom. The Balaban J connectivity index is 2.02. The summed E-state index contributed by atoms with van der Waals surface area (Å²) in [5.74, 6) is 0. The molecule has 1 aliphatic rings. The fourth-order valence-corrected chi connectivity index (χ4v) is 3.44. The molecular formula is C17H19F3N2O2. The van der Waals surface area contributed by atoms with Crippen molar-refractivity contribution in [2.24, 2.45) is 0 Å². The van der Waals surface area contributed by atoms with E-state index in [1.165, 1.54) is 6.07 Å². The highest BCUT2D eigenvalue weighted by atomic mass is 19.4. The quantitative estimate of drug-likeness (QED) is 0.903. The average Bonchev–Trinajstić information content (AvgIpc) is 3.01. The van der Waals surface area contributed by atoms with Crippen LogP contribution < -0.4 is 10.5 Å². The molecule has 24 heavy (non-hydrogen) atoms. The molecule has 2 aromatic rings. The molecule has 130 valence electrons. The summed E-state index contributed by atoms with van der Waals surface area (Å²) in [6.45, 7) is 2.39. The number of aromatic nitrogens is 1. The molecule has 0 spiro atoms. The molecule has 0 unspecified atom stereocenters. The molecule has 2 heterocycles. The van der Waals surface area contributed by atoms with Gasteiger partial charge in [-0.1, -0.05) is 6.92 Å². The summed E-state index contributed by atoms with van der Waals surface area (Å²) in [4.78, 5) is 16.0. The molecule has 1 aromatic carbocycles. The van der Waals surface area contributed by atoms with Gasteiger partial charge in [0.05, 0.1) is 6.04 Å². The standard InChI is InChI=1S/C17H19F3N2O2/c1-2-10-8-15(23)21-13-6-5-11(9-12(10)13)22-7-3-4-14(22)16(24)17(18,19)20/h5-6,8-9,14,16,24H,2-4,7H2,1H3,(H,21,23)/t14-,16+/m1/s1. The van der Waals surface area contributed by atoms with Gasteiger partial charge in [0.25, 0.3) is 0 Å². The zero-order valence-electron chi connectivity index (χ0n) is 13.2. The third-order valence-electron chi connectivity index (χ3n) is 4.62. The van der Waals surface area contributed by atoms with Gasteiger partial charge in [-0.3, -0.25) is 4.79 Å². The SMILES string of the molecule is CCc1cc(=O)[nH]c2ccc(N3CCC[C@@H]3[C@H](O)C(F)(F)F)cc12. The number of aryl methyl sites for hydroxylation is 1. The first-order valence-electron chi connectivity index (χ1n) is 7.98. The van der Waals surface area contributed by atoms with Crippen LogP contribution in [0.25, 0.3) is 10.9 Å². The highest BCUT2D eigenvalue weighted by Gasteiger charge is 2.47. The number of aromatic amines is 1. The Morgan fingerprint density at radius 1 is 1.38 bits per heavy atom. The van der Waals surface area contributed by atoms with Gasteiger partial charge < -0.3 is 15.0 Å². The van der Waals surface area contributed by atoms with E-state index >= 15 is 0 Å². The zero-order chi connectivity index (χ0) is 17.5. The number of anilines is 1. The van der Waals surface area contributed by atoms with Crippen LogP contribution in [0.15, 0.2) is 29.1 Å². The summed E-state index contributed by atoms with van der Waals surface area (Å²) in [5, 5.41) is 10.5. The molecule has 4 nitrogen and oxygen atoms in total. The Labute approximate surface area is 136 Å². The van der Waals surface area contributed by atoms with E-state index in [-0.39, 0.29) is 5.56 Å². The van der Waals surface area contributed by atoms with E-state index in [1.807, 2.05) is 6.92 Å². The molecule has 1 saturated heterocycles. The van der Waals surface area contributed by atoms with E-state index in [1.54, 1.807) is 23.1 Å². The van der Waals surface area contributed by atoms with Crippen molar-refractivity contribution in [2.75, 3.05) is 11.4 Å². The first-order valence-corrected chi connectivity index (χ1v) is 7.98. The van der Waals surface area contributed by atoms with Gasteiger partial charge in [0.15, 0.2) is 6.10 Å². The van der Waals surface area contributed by atoms with Gasteiger partial charge in [-0.25, -0.2) is 0 Å². The highest BCUT2D eigenvalue weighted by molar-refractivity contribution is 5.85. The van der Waals surface area contributed by atoms with Crippen LogP contribution in [-0.4, -0.2) is 35.0 Å². The molecule has 0 bridgehead atoms. The van der Waals surface area contributed by atoms with Gasteiger partial charge in [0.2, 0.25) is 5.56 Å². The van der Waals surface area contributed by atoms with Crippen LogP contribution in [0, 0.1) is 0 Å². The lowest BCUT2D eigenvalue weighted by atomic mass is 10.0. The van der Waals surface area contributed by atoms with Crippen molar-refractivity contribution in [3.63, 3.8) is 0 Å². The Bertz CT molecular complexity index is 801. The summed E-state index contributed by atoms with van der Waals surface area (Å²) >= 11 is 0. The Morgan fingerprint density at radius 2 is 2.12 bits per heavy atom. The van der Waals surface area contributed by atoms with Crippen LogP contribution in [0.5, 0.6) is 0 Å². The van der Waals surface area contributed by atoms with Crippen molar-refractivity contribution < 1.29 is 18.3 Å². The van der Waals surface area contributed by atoms with Gasteiger partial charge in [0.1, 0.15) is 0 Å². The van der Waals surface area contributed by atoms with Crippen LogP contribution in [0.2, 0.25) is 0 Å². The smallest absolute Gasteiger partial charge is 0.382 e. The molecule has 1 aromatic heterocycles. The fraction of sp³-hybridized carbons (Fsp3) is 0.471. The molecule has 7 heteroatoms. The number of halogens is 3. The Hall–Kier alpha value is -2.02. The number of hydrogen-bond acceptors (Lipinski definition) is 3. The lowest BCUT2D eigenvalue weighted by molar-refractivity contribution is -0.209.